The van der Waals surface area contributed by atoms with E-state index in [4.69, 9.17) is 21.3 Å². The molecule has 1 aliphatic heterocycles. The number of aromatic hydroxyl groups is 1. The van der Waals surface area contributed by atoms with Crippen molar-refractivity contribution in [3.8, 4) is 11.5 Å². The van der Waals surface area contributed by atoms with Crippen LogP contribution in [0.1, 0.15) is 42.2 Å². The van der Waals surface area contributed by atoms with Crippen molar-refractivity contribution in [3.05, 3.63) is 94.3 Å². The molecule has 154 valence electrons. The van der Waals surface area contributed by atoms with Crippen LogP contribution in [0.2, 0.25) is 5.02 Å². The van der Waals surface area contributed by atoms with E-state index < -0.39 is 0 Å². The molecule has 0 spiro atoms. The number of para-hydroxylation sites is 1. The van der Waals surface area contributed by atoms with Crippen molar-refractivity contribution in [2.24, 2.45) is 4.99 Å². The number of nitrogens with one attached hydrogen (secondary N) is 1. The van der Waals surface area contributed by atoms with E-state index in [1.807, 2.05) is 43.3 Å². The number of hydrogen-bond acceptors (Lipinski definition) is 4. The van der Waals surface area contributed by atoms with Gasteiger partial charge in [-0.05, 0) is 48.4 Å². The summed E-state index contributed by atoms with van der Waals surface area (Å²) >= 11 is 6.05. The molecule has 3 aromatic carbocycles. The molecule has 2 N–H and O–H groups in total. The Morgan fingerprint density at radius 2 is 1.83 bits per heavy atom. The Morgan fingerprint density at radius 1 is 1.10 bits per heavy atom. The average molecular weight is 425 g/mol. The van der Waals surface area contributed by atoms with E-state index >= 15 is 0 Å². The molecule has 1 aliphatic rings. The molecular weight excluding hydrogens is 403 g/mol. The predicted molar refractivity (Wildman–Crippen MR) is 117 cm³/mol. The maximum Gasteiger partial charge on any atom is 0.162 e. The lowest BCUT2D eigenvalue weighted by Crippen LogP contribution is -2.33. The molecule has 4 nitrogen and oxygen atoms in total. The van der Waals surface area contributed by atoms with Gasteiger partial charge < -0.3 is 9.84 Å². The summed E-state index contributed by atoms with van der Waals surface area (Å²) in [5.74, 6) is 0.271. The number of nitrogens with zero attached hydrogens (tertiary/aromatic N) is 1. The number of hydrogen-bond donors (Lipinski definition) is 2. The highest BCUT2D eigenvalue weighted by atomic mass is 35.5. The summed E-state index contributed by atoms with van der Waals surface area (Å²) in [6, 6.07) is 19.1. The van der Waals surface area contributed by atoms with E-state index in [1.54, 1.807) is 18.2 Å². The maximum atomic E-state index is 13.4. The largest absolute Gasteiger partial charge is 0.504 e. The van der Waals surface area contributed by atoms with E-state index in [1.165, 1.54) is 12.1 Å². The lowest BCUT2D eigenvalue weighted by molar-refractivity contribution is 0.313. The summed E-state index contributed by atoms with van der Waals surface area (Å²) in [7, 11) is 0. The normalized spacial score (nSPS) is 18.7. The van der Waals surface area contributed by atoms with Crippen LogP contribution >= 0.6 is 11.6 Å². The average Bonchev–Trinajstić information content (AvgIpc) is 2.76. The molecule has 6 heteroatoms. The van der Waals surface area contributed by atoms with Crippen LogP contribution < -0.4 is 10.1 Å². The van der Waals surface area contributed by atoms with Crippen molar-refractivity contribution in [2.75, 3.05) is 6.61 Å². The molecule has 0 amide bonds. The Balaban J connectivity index is 1.74. The molecule has 0 aromatic heterocycles. The molecule has 0 fully saturated rings. The van der Waals surface area contributed by atoms with Crippen LogP contribution in [0.25, 0.3) is 0 Å². The molecule has 3 aromatic rings. The van der Waals surface area contributed by atoms with Gasteiger partial charge in [-0.25, -0.2) is 4.39 Å². The zero-order valence-electron chi connectivity index (χ0n) is 16.5. The van der Waals surface area contributed by atoms with Gasteiger partial charge in [0, 0.05) is 28.8 Å². The summed E-state index contributed by atoms with van der Waals surface area (Å²) < 4.78 is 19.0. The molecule has 2 atom stereocenters. The Kier molecular flexibility index (Phi) is 6.02. The first kappa shape index (κ1) is 20.4. The minimum atomic E-state index is -0.384. The van der Waals surface area contributed by atoms with E-state index in [0.717, 1.165) is 22.4 Å². The van der Waals surface area contributed by atoms with Gasteiger partial charge >= 0.3 is 0 Å². The van der Waals surface area contributed by atoms with Crippen LogP contribution in [0.3, 0.4) is 0 Å². The van der Waals surface area contributed by atoms with E-state index in [9.17, 15) is 9.50 Å². The minimum Gasteiger partial charge on any atom is -0.504 e. The van der Waals surface area contributed by atoms with Crippen molar-refractivity contribution < 1.29 is 14.2 Å². The smallest absolute Gasteiger partial charge is 0.162 e. The second-order valence-electron chi connectivity index (χ2n) is 7.09. The van der Waals surface area contributed by atoms with Crippen molar-refractivity contribution >= 4 is 17.3 Å². The molecule has 0 saturated carbocycles. The molecule has 0 bridgehead atoms. The molecule has 0 radical (unpaired) electrons. The van der Waals surface area contributed by atoms with Crippen molar-refractivity contribution in [1.82, 2.24) is 5.32 Å². The molecule has 0 aliphatic carbocycles. The maximum absolute atomic E-state index is 13.4. The number of rotatable bonds is 5. The summed E-state index contributed by atoms with van der Waals surface area (Å²) in [6.07, 6.45) is 0.188. The first-order chi connectivity index (χ1) is 14.5. The van der Waals surface area contributed by atoms with Crippen LogP contribution in [0.4, 0.5) is 4.39 Å². The minimum absolute atomic E-state index is 0.118. The van der Waals surface area contributed by atoms with E-state index in [2.05, 4.69) is 5.32 Å². The van der Waals surface area contributed by atoms with Crippen molar-refractivity contribution in [2.45, 2.75) is 25.6 Å². The second-order valence-corrected chi connectivity index (χ2v) is 7.52. The van der Waals surface area contributed by atoms with Crippen LogP contribution in [0, 0.1) is 5.82 Å². The fourth-order valence-electron chi connectivity index (χ4n) is 3.63. The first-order valence-corrected chi connectivity index (χ1v) is 10.2. The quantitative estimate of drug-likeness (QED) is 0.543. The predicted octanol–water partition coefficient (Wildman–Crippen LogP) is 5.81. The van der Waals surface area contributed by atoms with Crippen LogP contribution in [0.15, 0.2) is 71.7 Å². The summed E-state index contributed by atoms with van der Waals surface area (Å²) in [5, 5.41) is 14.9. The number of halogens is 2. The Bertz CT molecular complexity index is 1050. The third-order valence-corrected chi connectivity index (χ3v) is 5.36. The molecule has 0 unspecified atom stereocenters. The Labute approximate surface area is 180 Å². The van der Waals surface area contributed by atoms with Gasteiger partial charge in [-0.2, -0.15) is 0 Å². The highest BCUT2D eigenvalue weighted by Gasteiger charge is 2.28. The standard InChI is InChI=1S/C24H22ClFN2O2/c1-2-30-22-5-3-4-19(23(22)29)21-14-20(15-6-10-17(25)11-7-15)27-24(28-21)16-8-12-18(26)13-9-16/h3-13,21,24,28-29H,2,14H2,1H3/t21-,24-/m1/s1. The van der Waals surface area contributed by atoms with Crippen molar-refractivity contribution in [3.63, 3.8) is 0 Å². The van der Waals surface area contributed by atoms with Gasteiger partial charge in [-0.3, -0.25) is 10.3 Å². The van der Waals surface area contributed by atoms with Crippen LogP contribution in [-0.4, -0.2) is 17.4 Å². The highest BCUT2D eigenvalue weighted by Crippen LogP contribution is 2.38. The summed E-state index contributed by atoms with van der Waals surface area (Å²) in [5.41, 5.74) is 3.41. The number of benzene rings is 3. The third-order valence-electron chi connectivity index (χ3n) is 5.11. The van der Waals surface area contributed by atoms with E-state index in [0.29, 0.717) is 23.8 Å². The third kappa shape index (κ3) is 4.32. The molecule has 4 rings (SSSR count). The summed E-state index contributed by atoms with van der Waals surface area (Å²) in [4.78, 5) is 4.87. The number of phenols is 1. The topological polar surface area (TPSA) is 53.8 Å². The number of aliphatic imine (C=N–C) groups is 1. The summed E-state index contributed by atoms with van der Waals surface area (Å²) in [6.45, 7) is 2.34. The second kappa shape index (κ2) is 8.86. The molecule has 30 heavy (non-hydrogen) atoms. The Hall–Kier alpha value is -2.89. The SMILES string of the molecule is CCOc1cccc([C@H]2CC(c3ccc(Cl)cc3)=N[C@@H](c3ccc(F)cc3)N2)c1O. The molecule has 1 heterocycles. The van der Waals surface area contributed by atoms with Gasteiger partial charge in [0.25, 0.3) is 0 Å². The highest BCUT2D eigenvalue weighted by molar-refractivity contribution is 6.30. The zero-order chi connectivity index (χ0) is 21.1. The van der Waals surface area contributed by atoms with E-state index in [-0.39, 0.29) is 23.8 Å². The van der Waals surface area contributed by atoms with Crippen LogP contribution in [0.5, 0.6) is 11.5 Å². The lowest BCUT2D eigenvalue weighted by Gasteiger charge is -2.31. The number of ether oxygens (including phenoxy) is 1. The molecular formula is C24H22ClFN2O2. The van der Waals surface area contributed by atoms with Gasteiger partial charge in [-0.15, -0.1) is 0 Å². The zero-order valence-corrected chi connectivity index (χ0v) is 17.2. The van der Waals surface area contributed by atoms with Crippen molar-refractivity contribution in [1.29, 1.82) is 0 Å². The lowest BCUT2D eigenvalue weighted by atomic mass is 9.93. The van der Waals surface area contributed by atoms with Crippen LogP contribution in [-0.2, 0) is 0 Å². The number of phenolic OH excluding ortho intramolecular Hbond substituents is 1. The van der Waals surface area contributed by atoms with Gasteiger partial charge in [0.2, 0.25) is 0 Å². The fraction of sp³-hybridized carbons (Fsp3) is 0.208. The van der Waals surface area contributed by atoms with Gasteiger partial charge in [0.15, 0.2) is 11.5 Å². The monoisotopic (exact) mass is 424 g/mol. The van der Waals surface area contributed by atoms with Gasteiger partial charge in [-0.1, -0.05) is 48.0 Å². The first-order valence-electron chi connectivity index (χ1n) is 9.84. The molecule has 0 saturated heterocycles. The Morgan fingerprint density at radius 3 is 2.53 bits per heavy atom. The fourth-order valence-corrected chi connectivity index (χ4v) is 3.76. The van der Waals surface area contributed by atoms with Gasteiger partial charge in [0.05, 0.1) is 6.61 Å². The van der Waals surface area contributed by atoms with Gasteiger partial charge in [0.1, 0.15) is 12.0 Å².